The molecule has 3 aromatic heterocycles. The Morgan fingerprint density at radius 3 is 2.93 bits per heavy atom. The molecule has 0 fully saturated rings. The zero-order valence-electron chi connectivity index (χ0n) is 14.6. The molecule has 0 radical (unpaired) electrons. The summed E-state index contributed by atoms with van der Waals surface area (Å²) in [6.45, 7) is 0.509. The van der Waals surface area contributed by atoms with Crippen molar-refractivity contribution in [1.82, 2.24) is 9.38 Å². The Balaban J connectivity index is 1.78. The van der Waals surface area contributed by atoms with Gasteiger partial charge in [-0.15, -0.1) is 0 Å². The molecule has 2 N–H and O–H groups in total. The topological polar surface area (TPSA) is 107 Å². The number of nitriles is 1. The van der Waals surface area contributed by atoms with Gasteiger partial charge in [0.05, 0.1) is 6.54 Å². The van der Waals surface area contributed by atoms with Crippen LogP contribution in [0.25, 0.3) is 16.7 Å². The molecule has 1 aromatic carbocycles. The van der Waals surface area contributed by atoms with E-state index in [0.717, 1.165) is 5.56 Å². The number of fused-ring (bicyclic) bond motifs is 3. The van der Waals surface area contributed by atoms with E-state index in [9.17, 15) is 10.1 Å². The van der Waals surface area contributed by atoms with Crippen LogP contribution < -0.4 is 25.3 Å². The number of anilines is 1. The number of nitrogens with two attached hydrogens (primary N) is 1. The van der Waals surface area contributed by atoms with Crippen molar-refractivity contribution >= 4 is 22.5 Å². The Morgan fingerprint density at radius 1 is 1.21 bits per heavy atom. The molecule has 0 bridgehead atoms. The lowest BCUT2D eigenvalue weighted by atomic mass is 10.1. The molecule has 8 heteroatoms. The van der Waals surface area contributed by atoms with Gasteiger partial charge in [-0.3, -0.25) is 9.20 Å². The van der Waals surface area contributed by atoms with Crippen molar-refractivity contribution in [2.45, 2.75) is 6.54 Å². The molecule has 0 saturated heterocycles. The lowest BCUT2D eigenvalue weighted by molar-refractivity contribution is -0.649. The van der Waals surface area contributed by atoms with E-state index in [-0.39, 0.29) is 23.7 Å². The maximum atomic E-state index is 12.9. The van der Waals surface area contributed by atoms with E-state index in [4.69, 9.17) is 15.2 Å². The Morgan fingerprint density at radius 2 is 2.07 bits per heavy atom. The summed E-state index contributed by atoms with van der Waals surface area (Å²) in [6, 6.07) is 14.4. The number of nitrogens with zero attached hydrogens (tertiary/aromatic N) is 4. The van der Waals surface area contributed by atoms with Gasteiger partial charge in [-0.25, -0.2) is 4.57 Å². The fraction of sp³-hybridized carbons (Fsp3) is 0.100. The van der Waals surface area contributed by atoms with Gasteiger partial charge in [-0.1, -0.05) is 17.1 Å². The molecule has 1 aliphatic rings. The van der Waals surface area contributed by atoms with E-state index in [2.05, 4.69) is 11.1 Å². The van der Waals surface area contributed by atoms with Crippen LogP contribution in [-0.4, -0.2) is 16.2 Å². The molecule has 8 nitrogen and oxygen atoms in total. The lowest BCUT2D eigenvalue weighted by Gasteiger charge is -2.10. The Bertz CT molecular complexity index is 1370. The van der Waals surface area contributed by atoms with E-state index in [1.165, 1.54) is 10.5 Å². The predicted molar refractivity (Wildman–Crippen MR) is 100.0 cm³/mol. The maximum Gasteiger partial charge on any atom is 0.278 e. The third kappa shape index (κ3) is 2.34. The highest BCUT2D eigenvalue weighted by Gasteiger charge is 2.22. The molecule has 4 heterocycles. The molecule has 28 heavy (non-hydrogen) atoms. The maximum absolute atomic E-state index is 12.9. The molecule has 0 aliphatic carbocycles. The molecule has 1 aliphatic heterocycles. The van der Waals surface area contributed by atoms with Gasteiger partial charge in [0.2, 0.25) is 18.3 Å². The third-order valence-electron chi connectivity index (χ3n) is 4.76. The van der Waals surface area contributed by atoms with Crippen LogP contribution in [0.3, 0.4) is 0 Å². The molecule has 0 saturated carbocycles. The number of hydrogen-bond acceptors (Lipinski definition) is 6. The number of benzene rings is 1. The van der Waals surface area contributed by atoms with Crippen molar-refractivity contribution in [3.63, 3.8) is 0 Å². The summed E-state index contributed by atoms with van der Waals surface area (Å²) in [6.07, 6.45) is 1.65. The summed E-state index contributed by atoms with van der Waals surface area (Å²) < 4.78 is 13.9. The first-order valence-electron chi connectivity index (χ1n) is 8.58. The van der Waals surface area contributed by atoms with Crippen LogP contribution in [0.1, 0.15) is 11.1 Å². The minimum atomic E-state index is -0.253. The highest BCUT2D eigenvalue weighted by Crippen LogP contribution is 2.32. The first-order valence-corrected chi connectivity index (χ1v) is 8.58. The Hall–Kier alpha value is -4.12. The number of ether oxygens (including phenoxy) is 2. The number of nitrogen functional groups attached to an aromatic ring is 1. The van der Waals surface area contributed by atoms with Crippen LogP contribution >= 0.6 is 0 Å². The number of pyridine rings is 2. The lowest BCUT2D eigenvalue weighted by Crippen LogP contribution is -2.41. The molecule has 0 unspecified atom stereocenters. The number of rotatable bonds is 2. The van der Waals surface area contributed by atoms with Gasteiger partial charge in [0, 0.05) is 6.20 Å². The van der Waals surface area contributed by atoms with E-state index < -0.39 is 0 Å². The third-order valence-corrected chi connectivity index (χ3v) is 4.76. The minimum Gasteiger partial charge on any atom is -0.454 e. The van der Waals surface area contributed by atoms with Gasteiger partial charge < -0.3 is 15.2 Å². The molecule has 0 spiro atoms. The molecule has 0 atom stereocenters. The average molecular weight is 372 g/mol. The van der Waals surface area contributed by atoms with Crippen molar-refractivity contribution < 1.29 is 14.0 Å². The Labute approximate surface area is 158 Å². The van der Waals surface area contributed by atoms with Crippen LogP contribution in [0.5, 0.6) is 11.5 Å². The molecule has 4 aromatic rings. The second kappa shape index (κ2) is 5.96. The summed E-state index contributed by atoms with van der Waals surface area (Å²) in [5.74, 6) is 1.58. The number of aromatic nitrogens is 3. The van der Waals surface area contributed by atoms with Crippen LogP contribution in [-0.2, 0) is 6.54 Å². The van der Waals surface area contributed by atoms with Gasteiger partial charge in [-0.05, 0) is 35.9 Å². The molecule has 136 valence electrons. The standard InChI is InChI=1S/C20H13N5O3/c21-9-13-8-14-19(23-17-3-1-2-6-24(17)20(14)26)25(18(13)22)10-12-4-5-15-16(7-12)28-11-27-15/h1-8,22H,10-11H2/p+1. The fourth-order valence-electron chi connectivity index (χ4n) is 3.37. The van der Waals surface area contributed by atoms with Crippen molar-refractivity contribution in [2.24, 2.45) is 0 Å². The summed E-state index contributed by atoms with van der Waals surface area (Å²) in [7, 11) is 0. The fourth-order valence-corrected chi connectivity index (χ4v) is 3.37. The highest BCUT2D eigenvalue weighted by atomic mass is 16.7. The second-order valence-electron chi connectivity index (χ2n) is 6.41. The molecule has 5 rings (SSSR count). The smallest absolute Gasteiger partial charge is 0.278 e. The second-order valence-corrected chi connectivity index (χ2v) is 6.41. The largest absolute Gasteiger partial charge is 0.454 e. The first-order chi connectivity index (χ1) is 13.7. The predicted octanol–water partition coefficient (Wildman–Crippen LogP) is 1.37. The van der Waals surface area contributed by atoms with E-state index in [0.29, 0.717) is 34.7 Å². The minimum absolute atomic E-state index is 0.186. The summed E-state index contributed by atoms with van der Waals surface area (Å²) in [5.41, 5.74) is 8.03. The summed E-state index contributed by atoms with van der Waals surface area (Å²) in [4.78, 5) is 17.6. The molecule has 0 amide bonds. The van der Waals surface area contributed by atoms with Crippen LogP contribution in [0, 0.1) is 11.3 Å². The zero-order valence-corrected chi connectivity index (χ0v) is 14.6. The van der Waals surface area contributed by atoms with Gasteiger partial charge in [0.1, 0.15) is 17.0 Å². The van der Waals surface area contributed by atoms with Crippen molar-refractivity contribution in [3.05, 3.63) is 70.1 Å². The monoisotopic (exact) mass is 372 g/mol. The zero-order chi connectivity index (χ0) is 19.3. The van der Waals surface area contributed by atoms with Crippen LogP contribution in [0.4, 0.5) is 5.82 Å². The summed E-state index contributed by atoms with van der Waals surface area (Å²) in [5, 5.41) is 9.82. The van der Waals surface area contributed by atoms with Crippen LogP contribution in [0.15, 0.2) is 53.5 Å². The van der Waals surface area contributed by atoms with Crippen molar-refractivity contribution in [2.75, 3.05) is 12.5 Å². The van der Waals surface area contributed by atoms with Gasteiger partial charge in [0.15, 0.2) is 11.5 Å². The summed E-state index contributed by atoms with van der Waals surface area (Å²) >= 11 is 0. The van der Waals surface area contributed by atoms with Gasteiger partial charge >= 0.3 is 0 Å². The molecular weight excluding hydrogens is 358 g/mol. The average Bonchev–Trinajstić information content (AvgIpc) is 3.18. The SMILES string of the molecule is N#Cc1cc2c(=O)n3ccccc3nc2[n+](Cc2ccc3c(c2)OCO3)c1N. The highest BCUT2D eigenvalue weighted by molar-refractivity contribution is 5.76. The quantitative estimate of drug-likeness (QED) is 0.421. The molecular formula is C20H14N5O3+. The number of hydrogen-bond donors (Lipinski definition) is 1. The normalized spacial score (nSPS) is 12.4. The van der Waals surface area contributed by atoms with Crippen LogP contribution in [0.2, 0.25) is 0 Å². The Kier molecular flexibility index (Phi) is 3.42. The van der Waals surface area contributed by atoms with Gasteiger partial charge in [0.25, 0.3) is 11.2 Å². The van der Waals surface area contributed by atoms with E-state index >= 15 is 0 Å². The van der Waals surface area contributed by atoms with Crippen molar-refractivity contribution in [3.8, 4) is 17.6 Å². The first kappa shape index (κ1) is 16.1. The van der Waals surface area contributed by atoms with E-state index in [1.54, 1.807) is 22.9 Å². The van der Waals surface area contributed by atoms with Gasteiger partial charge in [-0.2, -0.15) is 5.26 Å². The van der Waals surface area contributed by atoms with E-state index in [1.807, 2.05) is 24.3 Å². The van der Waals surface area contributed by atoms with Crippen molar-refractivity contribution in [1.29, 1.82) is 5.26 Å².